The predicted octanol–water partition coefficient (Wildman–Crippen LogP) is 2.34. The summed E-state index contributed by atoms with van der Waals surface area (Å²) in [7, 11) is 0. The first-order chi connectivity index (χ1) is 12.2. The molecule has 1 aliphatic heterocycles. The van der Waals surface area contributed by atoms with Crippen LogP contribution >= 0.6 is 0 Å². The minimum Gasteiger partial charge on any atom is -0.472 e. The lowest BCUT2D eigenvalue weighted by Gasteiger charge is -2.32. The highest BCUT2D eigenvalue weighted by molar-refractivity contribution is 5.94. The van der Waals surface area contributed by atoms with Crippen LogP contribution < -0.4 is 4.74 Å². The van der Waals surface area contributed by atoms with Crippen LogP contribution in [-0.4, -0.2) is 45.1 Å². The van der Waals surface area contributed by atoms with E-state index in [9.17, 15) is 4.79 Å². The molecule has 4 rings (SSSR count). The van der Waals surface area contributed by atoms with E-state index in [1.165, 1.54) is 0 Å². The molecule has 0 N–H and O–H groups in total. The van der Waals surface area contributed by atoms with Crippen molar-refractivity contribution >= 4 is 5.91 Å². The van der Waals surface area contributed by atoms with Gasteiger partial charge in [0.1, 0.15) is 17.7 Å². The lowest BCUT2D eigenvalue weighted by Crippen LogP contribution is -2.44. The van der Waals surface area contributed by atoms with E-state index in [2.05, 4.69) is 15.1 Å². The highest BCUT2D eigenvalue weighted by atomic mass is 16.5. The van der Waals surface area contributed by atoms with Gasteiger partial charge in [0, 0.05) is 30.8 Å². The van der Waals surface area contributed by atoms with E-state index in [1.54, 1.807) is 12.3 Å². The van der Waals surface area contributed by atoms with Gasteiger partial charge in [0.15, 0.2) is 5.69 Å². The first-order valence-electron chi connectivity index (χ1n) is 8.93. The Morgan fingerprint density at radius 2 is 2.20 bits per heavy atom. The Balaban J connectivity index is 1.45. The monoisotopic (exact) mass is 342 g/mol. The number of hydrogen-bond acceptors (Lipinski definition) is 6. The van der Waals surface area contributed by atoms with E-state index in [1.807, 2.05) is 11.8 Å². The van der Waals surface area contributed by atoms with Crippen molar-refractivity contribution in [3.63, 3.8) is 0 Å². The summed E-state index contributed by atoms with van der Waals surface area (Å²) in [6.45, 7) is 3.10. The van der Waals surface area contributed by atoms with Crippen molar-refractivity contribution in [1.82, 2.24) is 20.0 Å². The van der Waals surface area contributed by atoms with Crippen LogP contribution in [0.1, 0.15) is 53.3 Å². The summed E-state index contributed by atoms with van der Waals surface area (Å²) in [5.41, 5.74) is 1.50. The molecule has 1 fully saturated rings. The third-order valence-corrected chi connectivity index (χ3v) is 4.86. The average Bonchev–Trinajstić information content (AvgIpc) is 3.05. The number of ether oxygens (including phenoxy) is 1. The smallest absolute Gasteiger partial charge is 0.276 e. The Kier molecular flexibility index (Phi) is 4.38. The molecule has 3 heterocycles. The van der Waals surface area contributed by atoms with Gasteiger partial charge < -0.3 is 14.2 Å². The normalized spacial score (nSPS) is 20.2. The molecule has 1 atom stereocenters. The first kappa shape index (κ1) is 16.1. The molecule has 1 amide bonds. The van der Waals surface area contributed by atoms with Gasteiger partial charge in [0.2, 0.25) is 5.88 Å². The van der Waals surface area contributed by atoms with Gasteiger partial charge in [-0.05, 0) is 39.0 Å². The molecular weight excluding hydrogens is 320 g/mol. The molecule has 0 bridgehead atoms. The number of likely N-dealkylation sites (tertiary alicyclic amines) is 1. The number of hydrogen-bond donors (Lipinski definition) is 0. The van der Waals surface area contributed by atoms with Gasteiger partial charge in [-0.25, -0.2) is 4.98 Å². The first-order valence-corrected chi connectivity index (χ1v) is 8.93. The van der Waals surface area contributed by atoms with Gasteiger partial charge in [-0.3, -0.25) is 4.79 Å². The number of aryl methyl sites for hydroxylation is 2. The molecule has 1 saturated heterocycles. The number of aromatic nitrogens is 3. The molecule has 7 heteroatoms. The van der Waals surface area contributed by atoms with Gasteiger partial charge in [-0.15, -0.1) is 0 Å². The Hall–Kier alpha value is -2.44. The van der Waals surface area contributed by atoms with E-state index in [0.717, 1.165) is 56.4 Å². The number of carbonyl (C=O) groups is 1. The second-order valence-corrected chi connectivity index (χ2v) is 6.72. The molecule has 25 heavy (non-hydrogen) atoms. The van der Waals surface area contributed by atoms with Crippen molar-refractivity contribution in [3.05, 3.63) is 35.1 Å². The van der Waals surface area contributed by atoms with E-state index < -0.39 is 0 Å². The molecule has 2 aromatic heterocycles. The molecule has 1 unspecified atom stereocenters. The van der Waals surface area contributed by atoms with E-state index >= 15 is 0 Å². The summed E-state index contributed by atoms with van der Waals surface area (Å²) >= 11 is 0. The zero-order valence-electron chi connectivity index (χ0n) is 14.4. The van der Waals surface area contributed by atoms with Crippen LogP contribution in [-0.2, 0) is 12.8 Å². The van der Waals surface area contributed by atoms with Crippen LogP contribution in [0, 0.1) is 6.92 Å². The Labute approximate surface area is 146 Å². The van der Waals surface area contributed by atoms with E-state index in [4.69, 9.17) is 9.26 Å². The van der Waals surface area contributed by atoms with Crippen LogP contribution in [0.15, 0.2) is 16.8 Å². The lowest BCUT2D eigenvalue weighted by atomic mass is 9.96. The summed E-state index contributed by atoms with van der Waals surface area (Å²) in [5, 5.41) is 4.07. The highest BCUT2D eigenvalue weighted by Gasteiger charge is 2.31. The molecule has 7 nitrogen and oxygen atoms in total. The summed E-state index contributed by atoms with van der Waals surface area (Å²) in [5.74, 6) is 2.08. The maximum absolute atomic E-state index is 12.9. The highest BCUT2D eigenvalue weighted by Crippen LogP contribution is 2.26. The lowest BCUT2D eigenvalue weighted by molar-refractivity contribution is 0.0517. The van der Waals surface area contributed by atoms with E-state index in [-0.39, 0.29) is 12.0 Å². The van der Waals surface area contributed by atoms with Gasteiger partial charge in [0.25, 0.3) is 5.91 Å². The maximum atomic E-state index is 12.9. The molecule has 0 aromatic carbocycles. The third-order valence-electron chi connectivity index (χ3n) is 4.86. The zero-order chi connectivity index (χ0) is 17.2. The molecule has 1 aliphatic carbocycles. The number of rotatable bonds is 3. The van der Waals surface area contributed by atoms with Crippen molar-refractivity contribution < 1.29 is 14.1 Å². The molecule has 2 aromatic rings. The van der Waals surface area contributed by atoms with Crippen LogP contribution in [0.4, 0.5) is 0 Å². The summed E-state index contributed by atoms with van der Waals surface area (Å²) in [6, 6.07) is 1.75. The summed E-state index contributed by atoms with van der Waals surface area (Å²) in [4.78, 5) is 23.1. The van der Waals surface area contributed by atoms with Crippen molar-refractivity contribution in [2.75, 3.05) is 13.1 Å². The third kappa shape index (κ3) is 3.36. The van der Waals surface area contributed by atoms with Crippen molar-refractivity contribution in [1.29, 1.82) is 0 Å². The Morgan fingerprint density at radius 3 is 3.08 bits per heavy atom. The van der Waals surface area contributed by atoms with Crippen LogP contribution in [0.3, 0.4) is 0 Å². The average molecular weight is 342 g/mol. The Morgan fingerprint density at radius 1 is 1.32 bits per heavy atom. The predicted molar refractivity (Wildman–Crippen MR) is 89.5 cm³/mol. The van der Waals surface area contributed by atoms with Crippen LogP contribution in [0.5, 0.6) is 5.88 Å². The van der Waals surface area contributed by atoms with Gasteiger partial charge in [-0.1, -0.05) is 5.16 Å². The molecule has 132 valence electrons. The van der Waals surface area contributed by atoms with E-state index in [0.29, 0.717) is 23.9 Å². The standard InChI is InChI=1S/C18H22N4O3/c1-12-19-9-8-16(20-12)24-13-5-4-10-22(11-13)18(23)17-14-6-2-3-7-15(14)25-21-17/h8-9,13H,2-7,10-11H2,1H3. The molecular formula is C18H22N4O3. The van der Waals surface area contributed by atoms with Crippen molar-refractivity contribution in [3.8, 4) is 5.88 Å². The molecule has 2 aliphatic rings. The van der Waals surface area contributed by atoms with Gasteiger partial charge in [0.05, 0.1) is 6.54 Å². The van der Waals surface area contributed by atoms with Crippen molar-refractivity contribution in [2.45, 2.75) is 51.6 Å². The fourth-order valence-corrected chi connectivity index (χ4v) is 3.59. The van der Waals surface area contributed by atoms with Gasteiger partial charge >= 0.3 is 0 Å². The summed E-state index contributed by atoms with van der Waals surface area (Å²) in [6.07, 6.45) is 7.40. The molecule has 0 saturated carbocycles. The van der Waals surface area contributed by atoms with Gasteiger partial charge in [-0.2, -0.15) is 4.98 Å². The molecule has 0 spiro atoms. The fraction of sp³-hybridized carbons (Fsp3) is 0.556. The topological polar surface area (TPSA) is 81.4 Å². The second kappa shape index (κ2) is 6.82. The molecule has 0 radical (unpaired) electrons. The largest absolute Gasteiger partial charge is 0.472 e. The van der Waals surface area contributed by atoms with Crippen LogP contribution in [0.25, 0.3) is 0 Å². The quantitative estimate of drug-likeness (QED) is 0.851. The number of nitrogens with zero attached hydrogens (tertiary/aromatic N) is 4. The summed E-state index contributed by atoms with van der Waals surface area (Å²) < 4.78 is 11.3. The van der Waals surface area contributed by atoms with Crippen LogP contribution in [0.2, 0.25) is 0 Å². The second-order valence-electron chi connectivity index (χ2n) is 6.72. The minimum absolute atomic E-state index is 0.0425. The number of amides is 1. The fourth-order valence-electron chi connectivity index (χ4n) is 3.59. The van der Waals surface area contributed by atoms with Crippen molar-refractivity contribution in [2.24, 2.45) is 0 Å². The number of piperidine rings is 1. The number of fused-ring (bicyclic) bond motifs is 1. The number of carbonyl (C=O) groups excluding carboxylic acids is 1. The Bertz CT molecular complexity index is 773. The SMILES string of the molecule is Cc1nccc(OC2CCCN(C(=O)c3noc4c3CCCC4)C2)n1. The minimum atomic E-state index is -0.0604. The maximum Gasteiger partial charge on any atom is 0.276 e. The zero-order valence-corrected chi connectivity index (χ0v) is 14.4.